The molecule has 7 nitrogen and oxygen atoms in total. The average Bonchev–Trinajstić information content (AvgIpc) is 3.54. The van der Waals surface area contributed by atoms with Crippen LogP contribution in [-0.4, -0.2) is 34.1 Å². The molecule has 31 heavy (non-hydrogen) atoms. The van der Waals surface area contributed by atoms with Crippen LogP contribution in [0.15, 0.2) is 40.0 Å². The first kappa shape index (κ1) is 22.6. The van der Waals surface area contributed by atoms with Crippen LogP contribution in [0.5, 0.6) is 0 Å². The Morgan fingerprint density at radius 2 is 1.87 bits per heavy atom. The van der Waals surface area contributed by atoms with E-state index in [9.17, 15) is 0 Å². The highest BCUT2D eigenvalue weighted by atomic mass is 79.9. The zero-order chi connectivity index (χ0) is 20.9. The smallest absolute Gasteiger partial charge is 0.158 e. The maximum absolute atomic E-state index is 6.69. The summed E-state index contributed by atoms with van der Waals surface area (Å²) in [6.45, 7) is 1.85. The summed E-state index contributed by atoms with van der Waals surface area (Å²) in [5.74, 6) is 2.25. The molecular weight excluding hydrogens is 498 g/mol. The number of hydrogen-bond donors (Lipinski definition) is 3. The molecule has 1 unspecified atom stereocenters. The Morgan fingerprint density at radius 3 is 2.55 bits per heavy atom. The summed E-state index contributed by atoms with van der Waals surface area (Å²) in [4.78, 5) is 16.2. The number of pyridine rings is 1. The maximum atomic E-state index is 6.69. The molecule has 10 heteroatoms. The summed E-state index contributed by atoms with van der Waals surface area (Å²) in [7, 11) is 0. The average molecular weight is 525 g/mol. The van der Waals surface area contributed by atoms with Crippen molar-refractivity contribution in [1.29, 1.82) is 0 Å². The van der Waals surface area contributed by atoms with E-state index in [1.807, 2.05) is 0 Å². The molecule has 0 bridgehead atoms. The predicted octanol–water partition coefficient (Wildman–Crippen LogP) is 4.07. The number of rotatable bonds is 4. The standard InChI is InChI=1S/C21H26ClN7S.BrH/c22-16-14(4-8-26-18(16)24)30-20-19(25)28-15(11-27-20)29-9-6-21(7-10-29)5-3-13(17(21)23)12-1-2-12;/h3-4,8,11-12,17H,1-2,5-7,9-10,23H2,(H2,24,26)(H2,25,28);1H. The Hall–Kier alpha value is -1.55. The molecule has 3 heterocycles. The van der Waals surface area contributed by atoms with Crippen LogP contribution in [0.1, 0.15) is 32.1 Å². The van der Waals surface area contributed by atoms with Gasteiger partial charge in [-0.3, -0.25) is 0 Å². The number of halogens is 2. The summed E-state index contributed by atoms with van der Waals surface area (Å²) < 4.78 is 0. The summed E-state index contributed by atoms with van der Waals surface area (Å²) >= 11 is 7.58. The molecule has 2 aromatic heterocycles. The van der Waals surface area contributed by atoms with Crippen molar-refractivity contribution >= 4 is 57.8 Å². The van der Waals surface area contributed by atoms with Crippen LogP contribution in [0.4, 0.5) is 17.5 Å². The number of nitrogens with two attached hydrogens (primary N) is 3. The van der Waals surface area contributed by atoms with E-state index in [4.69, 9.17) is 28.8 Å². The summed E-state index contributed by atoms with van der Waals surface area (Å²) in [5.41, 5.74) is 20.4. The second-order valence-corrected chi connectivity index (χ2v) is 9.95. The fraction of sp³-hybridized carbons (Fsp3) is 0.476. The van der Waals surface area contributed by atoms with E-state index in [-0.39, 0.29) is 34.3 Å². The lowest BCUT2D eigenvalue weighted by Crippen LogP contribution is -2.48. The van der Waals surface area contributed by atoms with E-state index in [0.29, 0.717) is 15.9 Å². The van der Waals surface area contributed by atoms with Crippen molar-refractivity contribution < 1.29 is 0 Å². The fourth-order valence-electron chi connectivity index (χ4n) is 4.70. The molecule has 2 aromatic rings. The van der Waals surface area contributed by atoms with E-state index < -0.39 is 0 Å². The normalized spacial score (nSPS) is 22.3. The number of nitrogen functional groups attached to an aromatic ring is 2. The Kier molecular flexibility index (Phi) is 6.40. The highest BCUT2D eigenvalue weighted by Crippen LogP contribution is 2.51. The number of allylic oxidation sites excluding steroid dienone is 1. The van der Waals surface area contributed by atoms with Crippen LogP contribution in [0.3, 0.4) is 0 Å². The SMILES string of the molecule is Br.Nc1nc(N2CCC3(CC=C(C4CC4)C3N)CC2)cnc1Sc1ccnc(N)c1Cl. The molecule has 1 saturated heterocycles. The Labute approximate surface area is 202 Å². The predicted molar refractivity (Wildman–Crippen MR) is 132 cm³/mol. The van der Waals surface area contributed by atoms with Crippen LogP contribution >= 0.6 is 40.3 Å². The van der Waals surface area contributed by atoms with E-state index in [1.54, 1.807) is 18.5 Å². The van der Waals surface area contributed by atoms with Gasteiger partial charge in [0, 0.05) is 30.2 Å². The number of piperidine rings is 1. The molecule has 2 fully saturated rings. The van der Waals surface area contributed by atoms with Gasteiger partial charge in [0.25, 0.3) is 0 Å². The van der Waals surface area contributed by atoms with Gasteiger partial charge in [-0.15, -0.1) is 17.0 Å². The first-order valence-corrected chi connectivity index (χ1v) is 11.6. The van der Waals surface area contributed by atoms with Gasteiger partial charge in [0.2, 0.25) is 0 Å². The summed E-state index contributed by atoms with van der Waals surface area (Å²) in [6.07, 6.45) is 11.7. The van der Waals surface area contributed by atoms with Gasteiger partial charge in [0.05, 0.1) is 11.2 Å². The van der Waals surface area contributed by atoms with Gasteiger partial charge >= 0.3 is 0 Å². The Morgan fingerprint density at radius 1 is 1.13 bits per heavy atom. The van der Waals surface area contributed by atoms with E-state index in [1.165, 1.54) is 30.2 Å². The minimum Gasteiger partial charge on any atom is -0.382 e. The van der Waals surface area contributed by atoms with Crippen molar-refractivity contribution in [2.24, 2.45) is 17.1 Å². The molecule has 0 radical (unpaired) electrons. The Balaban J connectivity index is 0.00000231. The molecule has 2 aliphatic carbocycles. The molecule has 3 aliphatic rings. The van der Waals surface area contributed by atoms with Gasteiger partial charge in [-0.25, -0.2) is 15.0 Å². The van der Waals surface area contributed by atoms with Gasteiger partial charge in [0.1, 0.15) is 16.7 Å². The lowest BCUT2D eigenvalue weighted by molar-refractivity contribution is 0.203. The molecule has 0 aromatic carbocycles. The first-order valence-electron chi connectivity index (χ1n) is 10.4. The van der Waals surface area contributed by atoms with Crippen molar-refractivity contribution in [1.82, 2.24) is 15.0 Å². The van der Waals surface area contributed by atoms with Crippen LogP contribution in [0, 0.1) is 11.3 Å². The molecule has 166 valence electrons. The van der Waals surface area contributed by atoms with Gasteiger partial charge in [0.15, 0.2) is 5.82 Å². The summed E-state index contributed by atoms with van der Waals surface area (Å²) in [5, 5.41) is 1.01. The van der Waals surface area contributed by atoms with Gasteiger partial charge in [-0.2, -0.15) is 0 Å². The largest absolute Gasteiger partial charge is 0.382 e. The van der Waals surface area contributed by atoms with Gasteiger partial charge < -0.3 is 22.1 Å². The monoisotopic (exact) mass is 523 g/mol. The first-order chi connectivity index (χ1) is 14.5. The number of nitrogens with zero attached hydrogens (tertiary/aromatic N) is 4. The molecule has 5 rings (SSSR count). The molecule has 1 atom stereocenters. The van der Waals surface area contributed by atoms with E-state index in [2.05, 4.69) is 25.9 Å². The van der Waals surface area contributed by atoms with Crippen molar-refractivity contribution in [3.05, 3.63) is 35.1 Å². The minimum atomic E-state index is 0. The third-order valence-corrected chi connectivity index (χ3v) is 8.31. The van der Waals surface area contributed by atoms with E-state index >= 15 is 0 Å². The molecule has 0 amide bonds. The zero-order valence-corrected chi connectivity index (χ0v) is 20.4. The maximum Gasteiger partial charge on any atom is 0.158 e. The van der Waals surface area contributed by atoms with Crippen molar-refractivity contribution in [2.75, 3.05) is 29.5 Å². The molecule has 1 spiro atoms. The van der Waals surface area contributed by atoms with Crippen LogP contribution in [0.25, 0.3) is 0 Å². The highest BCUT2D eigenvalue weighted by Gasteiger charge is 2.47. The number of anilines is 3. The second kappa shape index (κ2) is 8.77. The molecule has 1 saturated carbocycles. The molecule has 1 aliphatic heterocycles. The third-order valence-electron chi connectivity index (χ3n) is 6.73. The van der Waals surface area contributed by atoms with Gasteiger partial charge in [-0.05, 0) is 49.5 Å². The quantitative estimate of drug-likeness (QED) is 0.512. The van der Waals surface area contributed by atoms with Crippen LogP contribution in [-0.2, 0) is 0 Å². The topological polar surface area (TPSA) is 120 Å². The molecule has 6 N–H and O–H groups in total. The lowest BCUT2D eigenvalue weighted by atomic mass is 9.72. The Bertz CT molecular complexity index is 1010. The lowest BCUT2D eigenvalue weighted by Gasteiger charge is -2.43. The van der Waals surface area contributed by atoms with Crippen molar-refractivity contribution in [3.63, 3.8) is 0 Å². The van der Waals surface area contributed by atoms with Gasteiger partial charge in [-0.1, -0.05) is 35.0 Å². The number of hydrogen-bond acceptors (Lipinski definition) is 8. The van der Waals surface area contributed by atoms with Crippen molar-refractivity contribution in [3.8, 4) is 0 Å². The van der Waals surface area contributed by atoms with Crippen LogP contribution in [0.2, 0.25) is 5.02 Å². The highest BCUT2D eigenvalue weighted by molar-refractivity contribution is 8.93. The third kappa shape index (κ3) is 4.25. The van der Waals surface area contributed by atoms with Crippen LogP contribution < -0.4 is 22.1 Å². The fourth-order valence-corrected chi connectivity index (χ4v) is 5.71. The van der Waals surface area contributed by atoms with Crippen molar-refractivity contribution in [2.45, 2.75) is 48.1 Å². The minimum absolute atomic E-state index is 0. The zero-order valence-electron chi connectivity index (χ0n) is 17.1. The summed E-state index contributed by atoms with van der Waals surface area (Å²) in [6, 6.07) is 2.01. The number of aromatic nitrogens is 3. The van der Waals surface area contributed by atoms with E-state index in [0.717, 1.165) is 49.0 Å². The molecular formula is C21H27BrClN7S. The second-order valence-electron chi connectivity index (χ2n) is 8.54.